The lowest BCUT2D eigenvalue weighted by atomic mass is 10.3. The summed E-state index contributed by atoms with van der Waals surface area (Å²) in [5, 5.41) is 13.6. The fourth-order valence-electron chi connectivity index (χ4n) is 0.909. The summed E-state index contributed by atoms with van der Waals surface area (Å²) >= 11 is 1.31. The highest BCUT2D eigenvalue weighted by Crippen LogP contribution is 2.17. The zero-order chi connectivity index (χ0) is 8.55. The van der Waals surface area contributed by atoms with Gasteiger partial charge in [0.25, 0.3) is 0 Å². The van der Waals surface area contributed by atoms with Crippen LogP contribution in [0, 0.1) is 6.92 Å². The largest absolute Gasteiger partial charge is 0.252 e. The van der Waals surface area contributed by atoms with E-state index in [4.69, 9.17) is 0 Å². The van der Waals surface area contributed by atoms with E-state index in [0.717, 1.165) is 17.1 Å². The first-order chi connectivity index (χ1) is 5.79. The maximum atomic E-state index is 3.97. The van der Waals surface area contributed by atoms with E-state index in [-0.39, 0.29) is 0 Å². The van der Waals surface area contributed by atoms with E-state index in [1.54, 1.807) is 4.68 Å². The van der Waals surface area contributed by atoms with Crippen LogP contribution in [0.2, 0.25) is 0 Å². The van der Waals surface area contributed by atoms with E-state index in [9.17, 15) is 0 Å². The Morgan fingerprint density at radius 3 is 2.75 bits per heavy atom. The molecule has 0 amide bonds. The molecule has 0 unspecified atom stereocenters. The van der Waals surface area contributed by atoms with Crippen LogP contribution in [0.15, 0.2) is 5.38 Å². The minimum Gasteiger partial charge on any atom is -0.252 e. The van der Waals surface area contributed by atoms with E-state index < -0.39 is 0 Å². The van der Waals surface area contributed by atoms with Crippen LogP contribution in [0.5, 0.6) is 0 Å². The van der Waals surface area contributed by atoms with Crippen LogP contribution in [-0.2, 0) is 7.05 Å². The lowest BCUT2D eigenvalue weighted by Crippen LogP contribution is -1.92. The molecule has 5 nitrogen and oxygen atoms in total. The average Bonchev–Trinajstić information content (AvgIpc) is 2.64. The van der Waals surface area contributed by atoms with Crippen LogP contribution in [0.3, 0.4) is 0 Å². The summed E-state index contributed by atoms with van der Waals surface area (Å²) in [5.74, 6) is 0. The van der Waals surface area contributed by atoms with Crippen molar-refractivity contribution in [1.29, 1.82) is 0 Å². The quantitative estimate of drug-likeness (QED) is 0.648. The van der Waals surface area contributed by atoms with Crippen LogP contribution in [0.1, 0.15) is 5.69 Å². The molecule has 0 saturated carbocycles. The summed E-state index contributed by atoms with van der Waals surface area (Å²) in [6.07, 6.45) is 0. The van der Waals surface area contributed by atoms with Gasteiger partial charge in [-0.3, -0.25) is 4.68 Å². The predicted octanol–water partition coefficient (Wildman–Crippen LogP) is 0.642. The van der Waals surface area contributed by atoms with Gasteiger partial charge in [0.05, 0.1) is 5.69 Å². The summed E-state index contributed by atoms with van der Waals surface area (Å²) in [7, 11) is 1.85. The van der Waals surface area contributed by atoms with Crippen molar-refractivity contribution in [2.75, 3.05) is 0 Å². The van der Waals surface area contributed by atoms with E-state index in [2.05, 4.69) is 19.9 Å². The van der Waals surface area contributed by atoms with Crippen LogP contribution < -0.4 is 0 Å². The number of hydrogen-bond acceptors (Lipinski definition) is 5. The van der Waals surface area contributed by atoms with Crippen molar-refractivity contribution < 1.29 is 0 Å². The van der Waals surface area contributed by atoms with Crippen molar-refractivity contribution in [2.24, 2.45) is 7.05 Å². The topological polar surface area (TPSA) is 56.5 Å². The third-order valence-corrected chi connectivity index (χ3v) is 2.21. The number of rotatable bonds is 1. The van der Waals surface area contributed by atoms with Gasteiger partial charge in [-0.05, 0) is 18.5 Å². The molecule has 2 rings (SSSR count). The second-order valence-electron chi connectivity index (χ2n) is 2.44. The lowest BCUT2D eigenvalue weighted by Gasteiger charge is -1.91. The molecule has 0 aliphatic heterocycles. The molecule has 0 aliphatic rings. The van der Waals surface area contributed by atoms with Gasteiger partial charge in [0, 0.05) is 12.4 Å². The molecular formula is C6H7N5S. The van der Waals surface area contributed by atoms with Crippen LogP contribution in [0.25, 0.3) is 11.4 Å². The van der Waals surface area contributed by atoms with Gasteiger partial charge < -0.3 is 0 Å². The first-order valence-electron chi connectivity index (χ1n) is 3.42. The molecule has 12 heavy (non-hydrogen) atoms. The highest BCUT2D eigenvalue weighted by atomic mass is 32.1. The molecule has 0 bridgehead atoms. The summed E-state index contributed by atoms with van der Waals surface area (Å²) in [4.78, 5) is 0. The predicted molar refractivity (Wildman–Crippen MR) is 44.6 cm³/mol. The fraction of sp³-hybridized carbons (Fsp3) is 0.333. The first-order valence-corrected chi connectivity index (χ1v) is 4.26. The standard InChI is InChI=1S/C6H7N5S/c1-4-6(8-9-11(4)2)5-3-12-10-7-5/h3H,1-2H3. The van der Waals surface area contributed by atoms with E-state index >= 15 is 0 Å². The minimum atomic E-state index is 0.797. The van der Waals surface area contributed by atoms with Crippen molar-refractivity contribution in [3.63, 3.8) is 0 Å². The molecule has 2 aromatic heterocycles. The number of hydrogen-bond donors (Lipinski definition) is 0. The van der Waals surface area contributed by atoms with Crippen molar-refractivity contribution in [2.45, 2.75) is 6.92 Å². The Bertz CT molecular complexity index is 377. The second kappa shape index (κ2) is 2.63. The molecule has 2 heterocycles. The summed E-state index contributed by atoms with van der Waals surface area (Å²) in [6.45, 7) is 1.95. The Balaban J connectivity index is 2.55. The van der Waals surface area contributed by atoms with E-state index in [0.29, 0.717) is 0 Å². The Morgan fingerprint density at radius 2 is 2.25 bits per heavy atom. The fourth-order valence-corrected chi connectivity index (χ4v) is 1.35. The van der Waals surface area contributed by atoms with Crippen molar-refractivity contribution in [3.8, 4) is 11.4 Å². The molecule has 0 fully saturated rings. The Labute approximate surface area is 73.2 Å². The van der Waals surface area contributed by atoms with Crippen LogP contribution in [-0.4, -0.2) is 24.6 Å². The summed E-state index contributed by atoms with van der Waals surface area (Å²) in [6, 6.07) is 0. The normalized spacial score (nSPS) is 10.5. The molecule has 62 valence electrons. The van der Waals surface area contributed by atoms with Crippen molar-refractivity contribution in [1.82, 2.24) is 24.6 Å². The number of aryl methyl sites for hydroxylation is 1. The van der Waals surface area contributed by atoms with Gasteiger partial charge in [-0.15, -0.1) is 10.2 Å². The molecule has 0 saturated heterocycles. The lowest BCUT2D eigenvalue weighted by molar-refractivity contribution is 0.696. The molecule has 0 aliphatic carbocycles. The maximum absolute atomic E-state index is 3.97. The summed E-state index contributed by atoms with van der Waals surface area (Å²) < 4.78 is 5.48. The molecule has 2 aromatic rings. The van der Waals surface area contributed by atoms with E-state index in [1.807, 2.05) is 19.4 Å². The molecule has 0 atom stereocenters. The molecule has 0 N–H and O–H groups in total. The van der Waals surface area contributed by atoms with Crippen molar-refractivity contribution >= 4 is 11.5 Å². The van der Waals surface area contributed by atoms with Gasteiger partial charge >= 0.3 is 0 Å². The Hall–Kier alpha value is -1.30. The maximum Gasteiger partial charge on any atom is 0.137 e. The SMILES string of the molecule is Cc1c(-c2csnn2)nnn1C. The smallest absolute Gasteiger partial charge is 0.137 e. The molecule has 0 spiro atoms. The van der Waals surface area contributed by atoms with E-state index in [1.165, 1.54) is 11.5 Å². The Kier molecular flexibility index (Phi) is 1.61. The number of aromatic nitrogens is 5. The van der Waals surface area contributed by atoms with Crippen LogP contribution >= 0.6 is 11.5 Å². The first kappa shape index (κ1) is 7.35. The second-order valence-corrected chi connectivity index (χ2v) is 3.05. The van der Waals surface area contributed by atoms with Gasteiger partial charge in [0.2, 0.25) is 0 Å². The highest BCUT2D eigenvalue weighted by molar-refractivity contribution is 7.03. The zero-order valence-corrected chi connectivity index (χ0v) is 7.54. The summed E-state index contributed by atoms with van der Waals surface area (Å²) in [5.41, 5.74) is 2.61. The minimum absolute atomic E-state index is 0.797. The van der Waals surface area contributed by atoms with Crippen molar-refractivity contribution in [3.05, 3.63) is 11.1 Å². The molecule has 0 radical (unpaired) electrons. The van der Waals surface area contributed by atoms with Gasteiger partial charge in [-0.2, -0.15) is 0 Å². The molecular weight excluding hydrogens is 174 g/mol. The van der Waals surface area contributed by atoms with Gasteiger partial charge in [0.1, 0.15) is 11.4 Å². The van der Waals surface area contributed by atoms with Gasteiger partial charge in [0.15, 0.2) is 0 Å². The zero-order valence-electron chi connectivity index (χ0n) is 6.72. The molecule has 6 heteroatoms. The third-order valence-electron chi connectivity index (χ3n) is 1.71. The number of nitrogens with zero attached hydrogens (tertiary/aromatic N) is 5. The Morgan fingerprint density at radius 1 is 1.42 bits per heavy atom. The van der Waals surface area contributed by atoms with Crippen LogP contribution in [0.4, 0.5) is 0 Å². The highest BCUT2D eigenvalue weighted by Gasteiger charge is 2.10. The average molecular weight is 181 g/mol. The van der Waals surface area contributed by atoms with Gasteiger partial charge in [-0.1, -0.05) is 9.70 Å². The molecule has 0 aromatic carbocycles. The monoisotopic (exact) mass is 181 g/mol. The van der Waals surface area contributed by atoms with Gasteiger partial charge in [-0.25, -0.2) is 0 Å². The third kappa shape index (κ3) is 1.00.